The highest BCUT2D eigenvalue weighted by atomic mass is 15.0. The maximum absolute atomic E-state index is 2.38. The summed E-state index contributed by atoms with van der Waals surface area (Å²) in [6.45, 7) is 0. The summed E-state index contributed by atoms with van der Waals surface area (Å²) in [6.07, 6.45) is 0. The van der Waals surface area contributed by atoms with E-state index in [0.29, 0.717) is 0 Å². The van der Waals surface area contributed by atoms with Crippen molar-refractivity contribution in [1.82, 2.24) is 4.57 Å². The molecule has 0 bridgehead atoms. The Morgan fingerprint density at radius 2 is 0.674 bits per heavy atom. The minimum atomic E-state index is 1.17. The molecule has 1 heterocycles. The van der Waals surface area contributed by atoms with Gasteiger partial charge in [-0.25, -0.2) is 0 Å². The lowest BCUT2D eigenvalue weighted by atomic mass is 9.78. The van der Waals surface area contributed by atoms with Crippen molar-refractivity contribution in [2.45, 2.75) is 0 Å². The first kappa shape index (κ1) is 24.0. The van der Waals surface area contributed by atoms with Crippen molar-refractivity contribution >= 4 is 21.8 Å². The van der Waals surface area contributed by atoms with Gasteiger partial charge in [-0.15, -0.1) is 0 Å². The fourth-order valence-corrected chi connectivity index (χ4v) is 7.14. The molecule has 43 heavy (non-hydrogen) atoms. The van der Waals surface area contributed by atoms with Gasteiger partial charge in [0.05, 0.1) is 11.0 Å². The van der Waals surface area contributed by atoms with Crippen LogP contribution in [0.25, 0.3) is 83.1 Å². The Kier molecular flexibility index (Phi) is 5.27. The molecule has 0 amide bonds. The van der Waals surface area contributed by atoms with E-state index >= 15 is 0 Å². The van der Waals surface area contributed by atoms with E-state index < -0.39 is 0 Å². The molecule has 0 fully saturated rings. The van der Waals surface area contributed by atoms with Gasteiger partial charge in [0.25, 0.3) is 0 Å². The Balaban J connectivity index is 1.28. The molecule has 8 aromatic rings. The van der Waals surface area contributed by atoms with Gasteiger partial charge in [0.2, 0.25) is 0 Å². The Hall–Kier alpha value is -5.66. The van der Waals surface area contributed by atoms with Crippen LogP contribution in [-0.4, -0.2) is 4.57 Å². The van der Waals surface area contributed by atoms with Gasteiger partial charge in [0.1, 0.15) is 0 Å². The SMILES string of the molecule is c1ccc2c(c1)-c1ccccc1-c1cccc(-c3ccc(-n4c5ccccc5c5ccccc54)cc3)c1-c1ccccc1-2. The van der Waals surface area contributed by atoms with Crippen molar-refractivity contribution < 1.29 is 0 Å². The highest BCUT2D eigenvalue weighted by Crippen LogP contribution is 2.50. The highest BCUT2D eigenvalue weighted by molar-refractivity contribution is 6.10. The second-order valence-corrected chi connectivity index (χ2v) is 11.3. The fraction of sp³-hybridized carbons (Fsp3) is 0. The summed E-state index contributed by atoms with van der Waals surface area (Å²) in [6, 6.07) is 59.8. The Morgan fingerprint density at radius 3 is 1.23 bits per heavy atom. The lowest BCUT2D eigenvalue weighted by Gasteiger charge is -2.25. The van der Waals surface area contributed by atoms with Crippen LogP contribution in [0.1, 0.15) is 0 Å². The molecular weight excluding hydrogens is 518 g/mol. The van der Waals surface area contributed by atoms with E-state index in [1.54, 1.807) is 0 Å². The summed E-state index contributed by atoms with van der Waals surface area (Å²) in [4.78, 5) is 0. The molecule has 0 saturated heterocycles. The van der Waals surface area contributed by atoms with E-state index in [1.165, 1.54) is 83.1 Å². The molecule has 0 saturated carbocycles. The molecule has 1 aromatic heterocycles. The summed E-state index contributed by atoms with van der Waals surface area (Å²) in [5.74, 6) is 0. The molecule has 0 aliphatic heterocycles. The highest BCUT2D eigenvalue weighted by Gasteiger charge is 2.23. The van der Waals surface area contributed by atoms with Crippen molar-refractivity contribution in [3.8, 4) is 61.3 Å². The number of fused-ring (bicyclic) bond motifs is 11. The quantitative estimate of drug-likeness (QED) is 0.204. The minimum Gasteiger partial charge on any atom is -0.309 e. The Morgan fingerprint density at radius 1 is 0.279 bits per heavy atom. The van der Waals surface area contributed by atoms with Crippen LogP contribution in [0.3, 0.4) is 0 Å². The molecule has 200 valence electrons. The third kappa shape index (κ3) is 3.58. The average molecular weight is 546 g/mol. The Bertz CT molecular complexity index is 2280. The van der Waals surface area contributed by atoms with E-state index in [4.69, 9.17) is 0 Å². The second kappa shape index (κ2) is 9.44. The lowest BCUT2D eigenvalue weighted by molar-refractivity contribution is 1.18. The van der Waals surface area contributed by atoms with E-state index in [-0.39, 0.29) is 0 Å². The van der Waals surface area contributed by atoms with Gasteiger partial charge in [-0.3, -0.25) is 0 Å². The van der Waals surface area contributed by atoms with Crippen molar-refractivity contribution in [1.29, 1.82) is 0 Å². The molecule has 9 rings (SSSR count). The van der Waals surface area contributed by atoms with Gasteiger partial charge in [-0.2, -0.15) is 0 Å². The summed E-state index contributed by atoms with van der Waals surface area (Å²) in [7, 11) is 0. The smallest absolute Gasteiger partial charge is 0.0541 e. The molecule has 1 heteroatoms. The van der Waals surface area contributed by atoms with E-state index in [2.05, 4.69) is 168 Å². The van der Waals surface area contributed by atoms with E-state index in [9.17, 15) is 0 Å². The summed E-state index contributed by atoms with van der Waals surface area (Å²) in [5.41, 5.74) is 16.2. The van der Waals surface area contributed by atoms with Crippen LogP contribution in [0.4, 0.5) is 0 Å². The standard InChI is InChI=1S/C42H27N/c1-2-13-32-31(12-1)33-14-3-4-15-35(33)39-21-11-20-30(42(39)38-19-6-5-16-34(32)38)28-24-26-29(27-25-28)43-40-22-9-7-17-36(40)37-18-8-10-23-41(37)43/h1-27H. The van der Waals surface area contributed by atoms with Crippen LogP contribution in [0, 0.1) is 0 Å². The molecular formula is C42H27N. The number of nitrogens with zero attached hydrogens (tertiary/aromatic N) is 1. The first-order chi connectivity index (χ1) is 21.4. The van der Waals surface area contributed by atoms with Crippen molar-refractivity contribution in [2.24, 2.45) is 0 Å². The summed E-state index contributed by atoms with van der Waals surface area (Å²) < 4.78 is 2.38. The van der Waals surface area contributed by atoms with Gasteiger partial charge in [-0.1, -0.05) is 140 Å². The fourth-order valence-electron chi connectivity index (χ4n) is 7.14. The van der Waals surface area contributed by atoms with Gasteiger partial charge in [-0.05, 0) is 79.9 Å². The molecule has 1 aliphatic rings. The maximum atomic E-state index is 2.38. The normalized spacial score (nSPS) is 11.7. The van der Waals surface area contributed by atoms with Crippen LogP contribution in [0.15, 0.2) is 164 Å². The van der Waals surface area contributed by atoms with Gasteiger partial charge in [0, 0.05) is 16.5 Å². The molecule has 0 atom stereocenters. The van der Waals surface area contributed by atoms with Crippen LogP contribution in [0.5, 0.6) is 0 Å². The minimum absolute atomic E-state index is 1.17. The third-order valence-corrected chi connectivity index (χ3v) is 9.00. The van der Waals surface area contributed by atoms with Gasteiger partial charge >= 0.3 is 0 Å². The summed E-state index contributed by atoms with van der Waals surface area (Å²) in [5, 5.41) is 2.56. The first-order valence-corrected chi connectivity index (χ1v) is 14.9. The molecule has 1 nitrogen and oxygen atoms in total. The van der Waals surface area contributed by atoms with E-state index in [1.807, 2.05) is 0 Å². The largest absolute Gasteiger partial charge is 0.309 e. The predicted molar refractivity (Wildman–Crippen MR) is 182 cm³/mol. The Labute approximate surface area is 250 Å². The van der Waals surface area contributed by atoms with Gasteiger partial charge in [0.15, 0.2) is 0 Å². The number of rotatable bonds is 2. The maximum Gasteiger partial charge on any atom is 0.0541 e. The number of aromatic nitrogens is 1. The average Bonchev–Trinajstić information content (AvgIpc) is 3.42. The monoisotopic (exact) mass is 545 g/mol. The van der Waals surface area contributed by atoms with Crippen LogP contribution < -0.4 is 0 Å². The number of hydrogen-bond donors (Lipinski definition) is 0. The predicted octanol–water partition coefficient (Wildman–Crippen LogP) is 11.4. The van der Waals surface area contributed by atoms with E-state index in [0.717, 1.165) is 0 Å². The second-order valence-electron chi connectivity index (χ2n) is 11.3. The van der Waals surface area contributed by atoms with Crippen LogP contribution in [-0.2, 0) is 0 Å². The lowest BCUT2D eigenvalue weighted by Crippen LogP contribution is -1.99. The zero-order valence-electron chi connectivity index (χ0n) is 23.5. The number of benzene rings is 7. The van der Waals surface area contributed by atoms with Crippen LogP contribution >= 0.6 is 0 Å². The van der Waals surface area contributed by atoms with Crippen molar-refractivity contribution in [2.75, 3.05) is 0 Å². The molecule has 0 N–H and O–H groups in total. The van der Waals surface area contributed by atoms with Crippen LogP contribution in [0.2, 0.25) is 0 Å². The summed E-state index contributed by atoms with van der Waals surface area (Å²) >= 11 is 0. The van der Waals surface area contributed by atoms with Crippen molar-refractivity contribution in [3.05, 3.63) is 164 Å². The van der Waals surface area contributed by atoms with Gasteiger partial charge < -0.3 is 4.57 Å². The zero-order valence-corrected chi connectivity index (χ0v) is 23.5. The number of para-hydroxylation sites is 2. The van der Waals surface area contributed by atoms with Crippen molar-refractivity contribution in [3.63, 3.8) is 0 Å². The molecule has 7 aromatic carbocycles. The molecule has 0 radical (unpaired) electrons. The third-order valence-electron chi connectivity index (χ3n) is 9.00. The number of hydrogen-bond acceptors (Lipinski definition) is 0. The topological polar surface area (TPSA) is 4.93 Å². The molecule has 0 unspecified atom stereocenters. The zero-order chi connectivity index (χ0) is 28.3. The molecule has 1 aliphatic carbocycles. The molecule has 0 spiro atoms. The first-order valence-electron chi connectivity index (χ1n) is 14.9.